The van der Waals surface area contributed by atoms with E-state index in [0.29, 0.717) is 17.5 Å². The lowest BCUT2D eigenvalue weighted by molar-refractivity contribution is 0.0827. The quantitative estimate of drug-likeness (QED) is 0.888. The molecule has 7 nitrogen and oxygen atoms in total. The van der Waals surface area contributed by atoms with Gasteiger partial charge in [-0.3, -0.25) is 9.69 Å². The van der Waals surface area contributed by atoms with Crippen LogP contribution < -0.4 is 5.32 Å². The molecule has 0 saturated carbocycles. The van der Waals surface area contributed by atoms with Crippen molar-refractivity contribution in [1.29, 1.82) is 0 Å². The lowest BCUT2D eigenvalue weighted by Gasteiger charge is -2.39. The molecule has 7 heteroatoms. The highest BCUT2D eigenvalue weighted by molar-refractivity contribution is 5.93. The molecule has 0 aliphatic carbocycles. The SMILES string of the molecule is CN(C)C(=O)c1ccc(NC[C@@H]2CCCN(C)[C@H]2c2cncn2C)nc1. The van der Waals surface area contributed by atoms with E-state index in [-0.39, 0.29) is 5.91 Å². The average Bonchev–Trinajstić information content (AvgIpc) is 3.05. The highest BCUT2D eigenvalue weighted by Gasteiger charge is 2.32. The van der Waals surface area contributed by atoms with Gasteiger partial charge in [0.15, 0.2) is 0 Å². The van der Waals surface area contributed by atoms with Crippen LogP contribution in [0.3, 0.4) is 0 Å². The number of likely N-dealkylation sites (tertiary alicyclic amines) is 1. The first kappa shape index (κ1) is 18.4. The van der Waals surface area contributed by atoms with Crippen LogP contribution in [0, 0.1) is 5.92 Å². The Balaban J connectivity index is 1.67. The fraction of sp³-hybridized carbons (Fsp3) is 0.526. The van der Waals surface area contributed by atoms with E-state index in [2.05, 4.69) is 38.8 Å². The van der Waals surface area contributed by atoms with Gasteiger partial charge in [0.2, 0.25) is 0 Å². The first-order chi connectivity index (χ1) is 12.5. The first-order valence-electron chi connectivity index (χ1n) is 9.05. The van der Waals surface area contributed by atoms with Crippen LogP contribution in [0.2, 0.25) is 0 Å². The molecule has 26 heavy (non-hydrogen) atoms. The Morgan fingerprint density at radius 1 is 1.31 bits per heavy atom. The van der Waals surface area contributed by atoms with Gasteiger partial charge in [0.1, 0.15) is 5.82 Å². The van der Waals surface area contributed by atoms with Gasteiger partial charge in [0.05, 0.1) is 23.6 Å². The molecule has 2 aromatic heterocycles. The number of hydrogen-bond donors (Lipinski definition) is 1. The van der Waals surface area contributed by atoms with Crippen molar-refractivity contribution in [3.05, 3.63) is 42.1 Å². The lowest BCUT2D eigenvalue weighted by atomic mass is 9.87. The van der Waals surface area contributed by atoms with Gasteiger partial charge in [-0.15, -0.1) is 0 Å². The maximum absolute atomic E-state index is 12.0. The summed E-state index contributed by atoms with van der Waals surface area (Å²) in [6.07, 6.45) is 7.84. The van der Waals surface area contributed by atoms with Crippen molar-refractivity contribution in [2.45, 2.75) is 18.9 Å². The van der Waals surface area contributed by atoms with Crippen LogP contribution in [0.25, 0.3) is 0 Å². The van der Waals surface area contributed by atoms with Crippen molar-refractivity contribution >= 4 is 11.7 Å². The third-order valence-corrected chi connectivity index (χ3v) is 5.13. The Morgan fingerprint density at radius 3 is 2.73 bits per heavy atom. The molecule has 1 fully saturated rings. The highest BCUT2D eigenvalue weighted by Crippen LogP contribution is 2.34. The first-order valence-corrected chi connectivity index (χ1v) is 9.05. The number of nitrogens with one attached hydrogen (secondary N) is 1. The number of piperidine rings is 1. The van der Waals surface area contributed by atoms with Crippen LogP contribution in [0.1, 0.15) is 34.9 Å². The van der Waals surface area contributed by atoms with Crippen LogP contribution in [0.4, 0.5) is 5.82 Å². The largest absolute Gasteiger partial charge is 0.370 e. The van der Waals surface area contributed by atoms with Gasteiger partial charge < -0.3 is 14.8 Å². The highest BCUT2D eigenvalue weighted by atomic mass is 16.2. The molecule has 0 spiro atoms. The molecule has 2 aromatic rings. The number of aryl methyl sites for hydroxylation is 1. The monoisotopic (exact) mass is 356 g/mol. The summed E-state index contributed by atoms with van der Waals surface area (Å²) < 4.78 is 2.11. The van der Waals surface area contributed by atoms with E-state index >= 15 is 0 Å². The number of amides is 1. The van der Waals surface area contributed by atoms with Crippen LogP contribution in [-0.2, 0) is 7.05 Å². The third-order valence-electron chi connectivity index (χ3n) is 5.13. The van der Waals surface area contributed by atoms with E-state index in [4.69, 9.17) is 0 Å². The lowest BCUT2D eigenvalue weighted by Crippen LogP contribution is -2.39. The number of carbonyl (C=O) groups excluding carboxylic acids is 1. The zero-order chi connectivity index (χ0) is 18.7. The molecule has 1 N–H and O–H groups in total. The van der Waals surface area contributed by atoms with Gasteiger partial charge in [-0.05, 0) is 44.5 Å². The summed E-state index contributed by atoms with van der Waals surface area (Å²) in [4.78, 5) is 24.6. The molecule has 140 valence electrons. The topological polar surface area (TPSA) is 66.3 Å². The standard InChI is InChI=1S/C19H28N6O/c1-23(2)19(26)15-7-8-17(22-11-15)21-10-14-6-5-9-24(3)18(14)16-12-20-13-25(16)4/h7-8,11-14,18H,5-6,9-10H2,1-4H3,(H,21,22)/t14-,18+/m0/s1. The molecule has 0 aromatic carbocycles. The normalized spacial score (nSPS) is 20.8. The van der Waals surface area contributed by atoms with Crippen molar-refractivity contribution in [3.8, 4) is 0 Å². The smallest absolute Gasteiger partial charge is 0.254 e. The summed E-state index contributed by atoms with van der Waals surface area (Å²) >= 11 is 0. The zero-order valence-corrected chi connectivity index (χ0v) is 16.0. The number of pyridine rings is 1. The molecule has 1 saturated heterocycles. The molecule has 3 rings (SSSR count). The Kier molecular flexibility index (Phi) is 5.56. The van der Waals surface area contributed by atoms with Gasteiger partial charge in [0.25, 0.3) is 5.91 Å². The number of imidazole rings is 1. The number of nitrogens with zero attached hydrogens (tertiary/aromatic N) is 5. The second-order valence-electron chi connectivity index (χ2n) is 7.27. The number of carbonyl (C=O) groups is 1. The molecular formula is C19H28N6O. The molecular weight excluding hydrogens is 328 g/mol. The Labute approximate surface area is 155 Å². The molecule has 2 atom stereocenters. The van der Waals surface area contributed by atoms with Crippen molar-refractivity contribution < 1.29 is 4.79 Å². The van der Waals surface area contributed by atoms with E-state index < -0.39 is 0 Å². The van der Waals surface area contributed by atoms with Gasteiger partial charge in [-0.2, -0.15) is 0 Å². The predicted molar refractivity (Wildman–Crippen MR) is 102 cm³/mol. The number of rotatable bonds is 5. The summed E-state index contributed by atoms with van der Waals surface area (Å²) in [6, 6.07) is 4.05. The Bertz CT molecular complexity index is 739. The van der Waals surface area contributed by atoms with Gasteiger partial charge in [-0.1, -0.05) is 0 Å². The molecule has 0 bridgehead atoms. The molecule has 1 amide bonds. The summed E-state index contributed by atoms with van der Waals surface area (Å²) in [5.41, 5.74) is 1.85. The van der Waals surface area contributed by atoms with E-state index in [0.717, 1.165) is 18.9 Å². The zero-order valence-electron chi connectivity index (χ0n) is 16.0. The van der Waals surface area contributed by atoms with E-state index in [9.17, 15) is 4.79 Å². The van der Waals surface area contributed by atoms with Gasteiger partial charge in [0, 0.05) is 40.1 Å². The molecule has 0 radical (unpaired) electrons. The minimum Gasteiger partial charge on any atom is -0.370 e. The summed E-state index contributed by atoms with van der Waals surface area (Å²) in [7, 11) is 7.72. The summed E-state index contributed by atoms with van der Waals surface area (Å²) in [5.74, 6) is 1.25. The van der Waals surface area contributed by atoms with Crippen LogP contribution in [0.15, 0.2) is 30.9 Å². The molecule has 0 unspecified atom stereocenters. The Hall–Kier alpha value is -2.41. The molecule has 1 aliphatic rings. The van der Waals surface area contributed by atoms with Gasteiger partial charge in [-0.25, -0.2) is 9.97 Å². The summed E-state index contributed by atoms with van der Waals surface area (Å²) in [5, 5.41) is 3.45. The fourth-order valence-corrected chi connectivity index (χ4v) is 3.71. The van der Waals surface area contributed by atoms with Gasteiger partial charge >= 0.3 is 0 Å². The second kappa shape index (κ2) is 7.86. The number of aromatic nitrogens is 3. The average molecular weight is 356 g/mol. The van der Waals surface area contributed by atoms with E-state index in [1.54, 1.807) is 25.2 Å². The van der Waals surface area contributed by atoms with Crippen molar-refractivity contribution in [3.63, 3.8) is 0 Å². The second-order valence-corrected chi connectivity index (χ2v) is 7.27. The van der Waals surface area contributed by atoms with Crippen molar-refractivity contribution in [1.82, 2.24) is 24.3 Å². The van der Waals surface area contributed by atoms with Crippen molar-refractivity contribution in [2.24, 2.45) is 13.0 Å². The van der Waals surface area contributed by atoms with Crippen molar-refractivity contribution in [2.75, 3.05) is 39.5 Å². The number of anilines is 1. The maximum atomic E-state index is 12.0. The minimum absolute atomic E-state index is 0.0331. The predicted octanol–water partition coefficient (Wildman–Crippen LogP) is 2.01. The molecule has 1 aliphatic heterocycles. The van der Waals surface area contributed by atoms with Crippen LogP contribution in [0.5, 0.6) is 0 Å². The Morgan fingerprint density at radius 2 is 2.12 bits per heavy atom. The maximum Gasteiger partial charge on any atom is 0.254 e. The summed E-state index contributed by atoms with van der Waals surface area (Å²) in [6.45, 7) is 1.94. The van der Waals surface area contributed by atoms with Crippen LogP contribution in [-0.4, -0.2) is 64.5 Å². The van der Waals surface area contributed by atoms with E-state index in [1.807, 2.05) is 24.7 Å². The fourth-order valence-electron chi connectivity index (χ4n) is 3.71. The minimum atomic E-state index is -0.0331. The van der Waals surface area contributed by atoms with E-state index in [1.165, 1.54) is 18.5 Å². The van der Waals surface area contributed by atoms with Crippen LogP contribution >= 0.6 is 0 Å². The number of hydrogen-bond acceptors (Lipinski definition) is 5. The third kappa shape index (κ3) is 3.88. The molecule has 3 heterocycles.